The highest BCUT2D eigenvalue weighted by Crippen LogP contribution is 2.28. The largest absolute Gasteiger partial charge is 0.373 e. The van der Waals surface area contributed by atoms with Crippen LogP contribution in [0.3, 0.4) is 0 Å². The molecule has 1 unspecified atom stereocenters. The summed E-state index contributed by atoms with van der Waals surface area (Å²) in [6, 6.07) is 8.15. The standard InChI is InChI=1S/C16H22N2O/c1-18(11-12-6-2-3-7-12)16(19)15-10-13-8-4-5-9-14(13)17-15/h4-5,8-9,12,15,17H,2-3,6-7,10-11H2,1H3. The highest BCUT2D eigenvalue weighted by Gasteiger charge is 2.29. The fourth-order valence-electron chi connectivity index (χ4n) is 3.38. The molecule has 1 aliphatic carbocycles. The van der Waals surface area contributed by atoms with E-state index < -0.39 is 0 Å². The lowest BCUT2D eigenvalue weighted by Gasteiger charge is -2.24. The number of rotatable bonds is 3. The lowest BCUT2D eigenvalue weighted by molar-refractivity contribution is -0.131. The molecule has 0 bridgehead atoms. The number of carbonyl (C=O) groups is 1. The van der Waals surface area contributed by atoms with E-state index in [0.717, 1.165) is 24.6 Å². The maximum atomic E-state index is 12.5. The minimum Gasteiger partial charge on any atom is -0.373 e. The molecule has 3 heteroatoms. The van der Waals surface area contributed by atoms with Gasteiger partial charge in [0.2, 0.25) is 5.91 Å². The molecular weight excluding hydrogens is 236 g/mol. The molecule has 0 radical (unpaired) electrons. The summed E-state index contributed by atoms with van der Waals surface area (Å²) in [6.45, 7) is 0.924. The second-order valence-corrected chi connectivity index (χ2v) is 5.93. The zero-order valence-corrected chi connectivity index (χ0v) is 11.6. The molecule has 1 fully saturated rings. The number of carbonyl (C=O) groups excluding carboxylic acids is 1. The van der Waals surface area contributed by atoms with Crippen molar-refractivity contribution in [2.45, 2.75) is 38.1 Å². The van der Waals surface area contributed by atoms with Gasteiger partial charge in [-0.05, 0) is 30.4 Å². The van der Waals surface area contributed by atoms with Gasteiger partial charge >= 0.3 is 0 Å². The molecule has 1 aromatic rings. The van der Waals surface area contributed by atoms with E-state index in [1.165, 1.54) is 31.2 Å². The molecule has 2 aliphatic rings. The Morgan fingerprint density at radius 1 is 1.32 bits per heavy atom. The Morgan fingerprint density at radius 2 is 2.05 bits per heavy atom. The highest BCUT2D eigenvalue weighted by atomic mass is 16.2. The van der Waals surface area contributed by atoms with Crippen molar-refractivity contribution in [3.63, 3.8) is 0 Å². The van der Waals surface area contributed by atoms with E-state index in [0.29, 0.717) is 0 Å². The summed E-state index contributed by atoms with van der Waals surface area (Å²) in [6.07, 6.45) is 6.07. The molecule has 1 aromatic carbocycles. The van der Waals surface area contributed by atoms with Gasteiger partial charge in [-0.2, -0.15) is 0 Å². The maximum absolute atomic E-state index is 12.5. The van der Waals surface area contributed by atoms with Crippen LogP contribution in [0.1, 0.15) is 31.2 Å². The van der Waals surface area contributed by atoms with Crippen LogP contribution in [-0.4, -0.2) is 30.4 Å². The normalized spacial score (nSPS) is 22.1. The van der Waals surface area contributed by atoms with E-state index in [4.69, 9.17) is 0 Å². The Kier molecular flexibility index (Phi) is 3.45. The summed E-state index contributed by atoms with van der Waals surface area (Å²) in [7, 11) is 1.95. The Bertz CT molecular complexity index is 441. The minimum absolute atomic E-state index is 0.0659. The zero-order chi connectivity index (χ0) is 13.2. The molecule has 1 aliphatic heterocycles. The molecule has 3 nitrogen and oxygen atoms in total. The van der Waals surface area contributed by atoms with Crippen molar-refractivity contribution < 1.29 is 4.79 Å². The van der Waals surface area contributed by atoms with Crippen molar-refractivity contribution in [2.24, 2.45) is 5.92 Å². The zero-order valence-electron chi connectivity index (χ0n) is 11.6. The SMILES string of the molecule is CN(CC1CCCC1)C(=O)C1Cc2ccccc2N1. The molecule has 0 saturated heterocycles. The molecule has 1 saturated carbocycles. The minimum atomic E-state index is -0.0659. The van der Waals surface area contributed by atoms with Crippen LogP contribution < -0.4 is 5.32 Å². The molecule has 0 aromatic heterocycles. The number of nitrogens with zero attached hydrogens (tertiary/aromatic N) is 1. The topological polar surface area (TPSA) is 32.3 Å². The molecular formula is C16H22N2O. The third-order valence-electron chi connectivity index (χ3n) is 4.45. The fraction of sp³-hybridized carbons (Fsp3) is 0.562. The number of fused-ring (bicyclic) bond motifs is 1. The lowest BCUT2D eigenvalue weighted by Crippen LogP contribution is -2.41. The molecule has 1 amide bonds. The van der Waals surface area contributed by atoms with E-state index in [1.807, 2.05) is 24.1 Å². The number of hydrogen-bond acceptors (Lipinski definition) is 2. The second-order valence-electron chi connectivity index (χ2n) is 5.93. The first-order valence-corrected chi connectivity index (χ1v) is 7.33. The van der Waals surface area contributed by atoms with Crippen LogP contribution in [0.5, 0.6) is 0 Å². The van der Waals surface area contributed by atoms with Crippen LogP contribution in [0.2, 0.25) is 0 Å². The predicted molar refractivity (Wildman–Crippen MR) is 77.2 cm³/mol. The molecule has 102 valence electrons. The van der Waals surface area contributed by atoms with Crippen LogP contribution in [0.25, 0.3) is 0 Å². The summed E-state index contributed by atoms with van der Waals surface area (Å²) >= 11 is 0. The number of benzene rings is 1. The van der Waals surface area contributed by atoms with E-state index in [9.17, 15) is 4.79 Å². The van der Waals surface area contributed by atoms with Gasteiger partial charge in [-0.15, -0.1) is 0 Å². The van der Waals surface area contributed by atoms with Gasteiger partial charge in [-0.3, -0.25) is 4.79 Å². The van der Waals surface area contributed by atoms with Gasteiger partial charge < -0.3 is 10.2 Å². The Morgan fingerprint density at radius 3 is 2.79 bits per heavy atom. The second kappa shape index (κ2) is 5.24. The van der Waals surface area contributed by atoms with Crippen molar-refractivity contribution in [3.05, 3.63) is 29.8 Å². The first-order chi connectivity index (χ1) is 9.24. The number of likely N-dealkylation sites (N-methyl/N-ethyl adjacent to an activating group) is 1. The predicted octanol–water partition coefficient (Wildman–Crippen LogP) is 2.67. The average Bonchev–Trinajstić information content (AvgIpc) is 3.05. The van der Waals surface area contributed by atoms with Crippen LogP contribution in [-0.2, 0) is 11.2 Å². The van der Waals surface area contributed by atoms with E-state index >= 15 is 0 Å². The van der Waals surface area contributed by atoms with Gasteiger partial charge in [-0.25, -0.2) is 0 Å². The average molecular weight is 258 g/mol. The summed E-state index contributed by atoms with van der Waals surface area (Å²) < 4.78 is 0. The first kappa shape index (κ1) is 12.5. The van der Waals surface area contributed by atoms with Gasteiger partial charge in [0.1, 0.15) is 6.04 Å². The third kappa shape index (κ3) is 2.60. The third-order valence-corrected chi connectivity index (χ3v) is 4.45. The van der Waals surface area contributed by atoms with Gasteiger partial charge in [0, 0.05) is 25.7 Å². The van der Waals surface area contributed by atoms with Gasteiger partial charge in [0.05, 0.1) is 0 Å². The van der Waals surface area contributed by atoms with Gasteiger partial charge in [-0.1, -0.05) is 31.0 Å². The van der Waals surface area contributed by atoms with Crippen LogP contribution in [0, 0.1) is 5.92 Å². The molecule has 0 spiro atoms. The summed E-state index contributed by atoms with van der Waals surface area (Å²) in [5, 5.41) is 3.35. The van der Waals surface area contributed by atoms with Crippen LogP contribution in [0.15, 0.2) is 24.3 Å². The van der Waals surface area contributed by atoms with Gasteiger partial charge in [0.25, 0.3) is 0 Å². The molecule has 3 rings (SSSR count). The number of nitrogens with one attached hydrogen (secondary N) is 1. The van der Waals surface area contributed by atoms with E-state index in [-0.39, 0.29) is 11.9 Å². The quantitative estimate of drug-likeness (QED) is 0.904. The van der Waals surface area contributed by atoms with E-state index in [2.05, 4.69) is 17.4 Å². The smallest absolute Gasteiger partial charge is 0.245 e. The van der Waals surface area contributed by atoms with Crippen molar-refractivity contribution in [1.82, 2.24) is 4.90 Å². The number of hydrogen-bond donors (Lipinski definition) is 1. The van der Waals surface area contributed by atoms with E-state index in [1.54, 1.807) is 0 Å². The van der Waals surface area contributed by atoms with Crippen LogP contribution in [0.4, 0.5) is 5.69 Å². The summed E-state index contributed by atoms with van der Waals surface area (Å²) in [5.74, 6) is 0.959. The molecule has 1 atom stereocenters. The Hall–Kier alpha value is -1.51. The monoisotopic (exact) mass is 258 g/mol. The summed E-state index contributed by atoms with van der Waals surface area (Å²) in [4.78, 5) is 14.4. The van der Waals surface area contributed by atoms with Crippen molar-refractivity contribution in [2.75, 3.05) is 18.9 Å². The van der Waals surface area contributed by atoms with Crippen molar-refractivity contribution in [1.29, 1.82) is 0 Å². The number of anilines is 1. The number of amides is 1. The molecule has 1 heterocycles. The Labute approximate surface area is 115 Å². The van der Waals surface area contributed by atoms with Gasteiger partial charge in [0.15, 0.2) is 0 Å². The highest BCUT2D eigenvalue weighted by molar-refractivity contribution is 5.87. The molecule has 1 N–H and O–H groups in total. The summed E-state index contributed by atoms with van der Waals surface area (Å²) in [5.41, 5.74) is 2.38. The first-order valence-electron chi connectivity index (χ1n) is 7.33. The van der Waals surface area contributed by atoms with Crippen molar-refractivity contribution in [3.8, 4) is 0 Å². The Balaban J connectivity index is 1.59. The van der Waals surface area contributed by atoms with Crippen molar-refractivity contribution >= 4 is 11.6 Å². The fourth-order valence-corrected chi connectivity index (χ4v) is 3.38. The lowest BCUT2D eigenvalue weighted by atomic mass is 10.1. The molecule has 19 heavy (non-hydrogen) atoms. The number of para-hydroxylation sites is 1. The maximum Gasteiger partial charge on any atom is 0.245 e. The van der Waals surface area contributed by atoms with Crippen LogP contribution >= 0.6 is 0 Å².